The van der Waals surface area contributed by atoms with E-state index >= 15 is 0 Å². The number of alkyl halides is 1. The van der Waals surface area contributed by atoms with E-state index in [4.69, 9.17) is 11.6 Å². The minimum atomic E-state index is -0.369. The Morgan fingerprint density at radius 2 is 1.90 bits per heavy atom. The van der Waals surface area contributed by atoms with E-state index in [1.165, 1.54) is 0 Å². The predicted molar refractivity (Wildman–Crippen MR) is 81.6 cm³/mol. The number of amides is 1. The van der Waals surface area contributed by atoms with Crippen LogP contribution in [0.4, 0.5) is 0 Å². The molecule has 1 aromatic rings. The summed E-state index contributed by atoms with van der Waals surface area (Å²) in [6.45, 7) is 11.4. The van der Waals surface area contributed by atoms with Crippen LogP contribution in [-0.4, -0.2) is 27.7 Å². The number of ketones is 1. The molecule has 1 aromatic heterocycles. The number of nitrogens with one attached hydrogen (secondary N) is 1. The first-order valence-corrected chi connectivity index (χ1v) is 7.21. The minimum Gasteiger partial charge on any atom is -0.350 e. The Hall–Kier alpha value is -1.29. The van der Waals surface area contributed by atoms with Gasteiger partial charge in [-0.15, -0.1) is 11.6 Å². The molecule has 0 bridgehead atoms. The van der Waals surface area contributed by atoms with E-state index in [-0.39, 0.29) is 29.2 Å². The SMILES string of the molecule is Cc1cc(C(=O)CCl)c(C)n1C(C)C(=O)NC(C)(C)C. The van der Waals surface area contributed by atoms with Crippen LogP contribution in [0, 0.1) is 13.8 Å². The van der Waals surface area contributed by atoms with Crippen LogP contribution in [0.25, 0.3) is 0 Å². The first-order valence-electron chi connectivity index (χ1n) is 6.68. The Morgan fingerprint density at radius 3 is 2.35 bits per heavy atom. The molecule has 20 heavy (non-hydrogen) atoms. The molecule has 112 valence electrons. The summed E-state index contributed by atoms with van der Waals surface area (Å²) in [5.74, 6) is -0.231. The zero-order valence-electron chi connectivity index (χ0n) is 13.0. The maximum Gasteiger partial charge on any atom is 0.243 e. The Morgan fingerprint density at radius 1 is 1.35 bits per heavy atom. The second-order valence-electron chi connectivity index (χ2n) is 6.13. The average molecular weight is 299 g/mol. The molecule has 0 fully saturated rings. The summed E-state index contributed by atoms with van der Waals surface area (Å²) in [5.41, 5.74) is 1.97. The van der Waals surface area contributed by atoms with Gasteiger partial charge in [-0.05, 0) is 47.6 Å². The monoisotopic (exact) mass is 298 g/mol. The second-order valence-corrected chi connectivity index (χ2v) is 6.39. The van der Waals surface area contributed by atoms with Gasteiger partial charge < -0.3 is 9.88 Å². The van der Waals surface area contributed by atoms with Crippen LogP contribution in [0.1, 0.15) is 55.5 Å². The van der Waals surface area contributed by atoms with Crippen LogP contribution in [0.15, 0.2) is 6.07 Å². The fourth-order valence-corrected chi connectivity index (χ4v) is 2.46. The van der Waals surface area contributed by atoms with E-state index in [9.17, 15) is 9.59 Å². The highest BCUT2D eigenvalue weighted by molar-refractivity contribution is 6.30. The molecule has 0 radical (unpaired) electrons. The lowest BCUT2D eigenvalue weighted by molar-refractivity contribution is -0.125. The Bertz CT molecular complexity index is 527. The number of aromatic nitrogens is 1. The van der Waals surface area contributed by atoms with Crippen LogP contribution in [0.3, 0.4) is 0 Å². The van der Waals surface area contributed by atoms with Gasteiger partial charge in [0, 0.05) is 22.5 Å². The van der Waals surface area contributed by atoms with Crippen molar-refractivity contribution in [2.45, 2.75) is 53.1 Å². The van der Waals surface area contributed by atoms with E-state index in [0.29, 0.717) is 5.56 Å². The molecule has 0 saturated carbocycles. The number of hydrogen-bond donors (Lipinski definition) is 1. The van der Waals surface area contributed by atoms with Crippen molar-refractivity contribution in [3.63, 3.8) is 0 Å². The van der Waals surface area contributed by atoms with Crippen molar-refractivity contribution in [2.24, 2.45) is 0 Å². The molecule has 5 heteroatoms. The molecule has 0 aliphatic heterocycles. The molecule has 1 heterocycles. The molecule has 0 spiro atoms. The number of Topliss-reactive ketones (excluding diaryl/α,β-unsaturated/α-hetero) is 1. The van der Waals surface area contributed by atoms with Crippen LogP contribution >= 0.6 is 11.6 Å². The molecule has 1 unspecified atom stereocenters. The maximum atomic E-state index is 12.3. The van der Waals surface area contributed by atoms with Crippen molar-refractivity contribution in [3.8, 4) is 0 Å². The van der Waals surface area contributed by atoms with Crippen LogP contribution in [0.5, 0.6) is 0 Å². The van der Waals surface area contributed by atoms with Crippen LogP contribution in [0.2, 0.25) is 0 Å². The zero-order chi connectivity index (χ0) is 15.7. The minimum absolute atomic E-state index is 0.0487. The lowest BCUT2D eigenvalue weighted by Crippen LogP contribution is -2.44. The number of halogens is 1. The second kappa shape index (κ2) is 6.00. The number of rotatable bonds is 4. The molecule has 4 nitrogen and oxygen atoms in total. The third-order valence-corrected chi connectivity index (χ3v) is 3.41. The standard InChI is InChI=1S/C15H23ClN2O2/c1-9-7-12(13(19)8-16)10(2)18(9)11(3)14(20)17-15(4,5)6/h7,11H,8H2,1-6H3,(H,17,20). The highest BCUT2D eigenvalue weighted by Gasteiger charge is 2.24. The third-order valence-electron chi connectivity index (χ3n) is 3.17. The van der Waals surface area contributed by atoms with Gasteiger partial charge in [0.25, 0.3) is 0 Å². The fraction of sp³-hybridized carbons (Fsp3) is 0.600. The lowest BCUT2D eigenvalue weighted by Gasteiger charge is -2.25. The smallest absolute Gasteiger partial charge is 0.243 e. The van der Waals surface area contributed by atoms with Crippen molar-refractivity contribution in [1.82, 2.24) is 9.88 Å². The largest absolute Gasteiger partial charge is 0.350 e. The summed E-state index contributed by atoms with van der Waals surface area (Å²) in [5, 5.41) is 2.95. The molecule has 0 aliphatic carbocycles. The predicted octanol–water partition coefficient (Wildman–Crippen LogP) is 3.00. The molecular formula is C15H23ClN2O2. The topological polar surface area (TPSA) is 51.1 Å². The molecular weight excluding hydrogens is 276 g/mol. The molecule has 0 saturated heterocycles. The van der Waals surface area contributed by atoms with Crippen LogP contribution < -0.4 is 5.32 Å². The average Bonchev–Trinajstić information content (AvgIpc) is 2.61. The summed E-state index contributed by atoms with van der Waals surface area (Å²) in [6.07, 6.45) is 0. The summed E-state index contributed by atoms with van der Waals surface area (Å²) >= 11 is 5.61. The fourth-order valence-electron chi connectivity index (χ4n) is 2.32. The number of carbonyl (C=O) groups is 2. The number of hydrogen-bond acceptors (Lipinski definition) is 2. The maximum absolute atomic E-state index is 12.3. The van der Waals surface area contributed by atoms with Crippen LogP contribution in [-0.2, 0) is 4.79 Å². The summed E-state index contributed by atoms with van der Waals surface area (Å²) in [6, 6.07) is 1.42. The highest BCUT2D eigenvalue weighted by atomic mass is 35.5. The van der Waals surface area contributed by atoms with Gasteiger partial charge >= 0.3 is 0 Å². The third kappa shape index (κ3) is 3.63. The normalized spacial score (nSPS) is 13.2. The summed E-state index contributed by atoms with van der Waals surface area (Å²) in [7, 11) is 0. The summed E-state index contributed by atoms with van der Waals surface area (Å²) in [4.78, 5) is 24.0. The molecule has 0 aliphatic rings. The highest BCUT2D eigenvalue weighted by Crippen LogP contribution is 2.22. The van der Waals surface area contributed by atoms with Gasteiger partial charge in [-0.2, -0.15) is 0 Å². The number of carbonyl (C=O) groups excluding carboxylic acids is 2. The Labute approximate surface area is 125 Å². The van der Waals surface area contributed by atoms with E-state index in [2.05, 4.69) is 5.32 Å². The Kier molecular flexibility index (Phi) is 5.03. The zero-order valence-corrected chi connectivity index (χ0v) is 13.8. The van der Waals surface area contributed by atoms with Gasteiger partial charge in [-0.25, -0.2) is 0 Å². The van der Waals surface area contributed by atoms with E-state index in [0.717, 1.165) is 11.4 Å². The number of nitrogens with zero attached hydrogens (tertiary/aromatic N) is 1. The van der Waals surface area contributed by atoms with Gasteiger partial charge in [0.15, 0.2) is 5.78 Å². The molecule has 0 aromatic carbocycles. The molecule has 1 atom stereocenters. The van der Waals surface area contributed by atoms with Crippen molar-refractivity contribution in [1.29, 1.82) is 0 Å². The van der Waals surface area contributed by atoms with Crippen molar-refractivity contribution < 1.29 is 9.59 Å². The first kappa shape index (κ1) is 16.8. The first-order chi connectivity index (χ1) is 9.08. The van der Waals surface area contributed by atoms with Crippen molar-refractivity contribution in [3.05, 3.63) is 23.0 Å². The van der Waals surface area contributed by atoms with Gasteiger partial charge in [-0.3, -0.25) is 9.59 Å². The lowest BCUT2D eigenvalue weighted by atomic mass is 10.1. The molecule has 1 rings (SSSR count). The van der Waals surface area contributed by atoms with E-state index < -0.39 is 0 Å². The molecule has 1 amide bonds. The van der Waals surface area contributed by atoms with E-state index in [1.54, 1.807) is 6.07 Å². The summed E-state index contributed by atoms with van der Waals surface area (Å²) < 4.78 is 1.88. The van der Waals surface area contributed by atoms with Crippen molar-refractivity contribution >= 4 is 23.3 Å². The van der Waals surface area contributed by atoms with Gasteiger partial charge in [0.1, 0.15) is 6.04 Å². The van der Waals surface area contributed by atoms with E-state index in [1.807, 2.05) is 46.1 Å². The Balaban J connectivity index is 3.11. The van der Waals surface area contributed by atoms with Crippen molar-refractivity contribution in [2.75, 3.05) is 5.88 Å². The number of aryl methyl sites for hydroxylation is 1. The van der Waals surface area contributed by atoms with Gasteiger partial charge in [0.05, 0.1) is 5.88 Å². The van der Waals surface area contributed by atoms with Gasteiger partial charge in [-0.1, -0.05) is 0 Å². The van der Waals surface area contributed by atoms with Gasteiger partial charge in [0.2, 0.25) is 5.91 Å². The molecule has 1 N–H and O–H groups in total. The quantitative estimate of drug-likeness (QED) is 0.686.